The van der Waals surface area contributed by atoms with Crippen LogP contribution in [-0.4, -0.2) is 23.5 Å². The van der Waals surface area contributed by atoms with Crippen LogP contribution in [0.3, 0.4) is 0 Å². The van der Waals surface area contributed by atoms with Crippen molar-refractivity contribution in [3.05, 3.63) is 23.9 Å². The summed E-state index contributed by atoms with van der Waals surface area (Å²) in [5.41, 5.74) is 0.649. The zero-order valence-corrected chi connectivity index (χ0v) is 10.5. The van der Waals surface area contributed by atoms with Crippen LogP contribution in [0, 0.1) is 5.92 Å². The van der Waals surface area contributed by atoms with Crippen LogP contribution in [0.2, 0.25) is 0 Å². The van der Waals surface area contributed by atoms with Gasteiger partial charge in [0.2, 0.25) is 0 Å². The van der Waals surface area contributed by atoms with Crippen LogP contribution in [0.1, 0.15) is 42.5 Å². The first-order valence-electron chi connectivity index (χ1n) is 6.82. The SMILES string of the molecule is O=C(NC1CC1)c1ccc(NCC2CCC2)nc1. The van der Waals surface area contributed by atoms with E-state index in [1.54, 1.807) is 6.20 Å². The van der Waals surface area contributed by atoms with Crippen LogP contribution in [-0.2, 0) is 0 Å². The first-order valence-corrected chi connectivity index (χ1v) is 6.82. The number of nitrogens with zero attached hydrogens (tertiary/aromatic N) is 1. The number of anilines is 1. The van der Waals surface area contributed by atoms with Crippen molar-refractivity contribution in [2.75, 3.05) is 11.9 Å². The van der Waals surface area contributed by atoms with Crippen LogP contribution in [0.25, 0.3) is 0 Å². The molecule has 0 radical (unpaired) electrons. The summed E-state index contributed by atoms with van der Waals surface area (Å²) in [7, 11) is 0. The number of hydrogen-bond acceptors (Lipinski definition) is 3. The summed E-state index contributed by atoms with van der Waals surface area (Å²) in [4.78, 5) is 16.0. The zero-order valence-electron chi connectivity index (χ0n) is 10.5. The number of rotatable bonds is 5. The Morgan fingerprint density at radius 2 is 2.11 bits per heavy atom. The molecular formula is C14H19N3O. The maximum atomic E-state index is 11.8. The van der Waals surface area contributed by atoms with Crippen molar-refractivity contribution in [2.45, 2.75) is 38.1 Å². The van der Waals surface area contributed by atoms with Crippen molar-refractivity contribution in [2.24, 2.45) is 5.92 Å². The molecule has 0 saturated heterocycles. The van der Waals surface area contributed by atoms with Gasteiger partial charge in [-0.05, 0) is 43.7 Å². The molecule has 0 aromatic carbocycles. The van der Waals surface area contributed by atoms with Crippen molar-refractivity contribution in [1.29, 1.82) is 0 Å². The minimum absolute atomic E-state index is 0.00413. The molecule has 1 heterocycles. The number of carbonyl (C=O) groups excluding carboxylic acids is 1. The number of nitrogens with one attached hydrogen (secondary N) is 2. The van der Waals surface area contributed by atoms with Crippen molar-refractivity contribution >= 4 is 11.7 Å². The minimum Gasteiger partial charge on any atom is -0.370 e. The molecule has 4 nitrogen and oxygen atoms in total. The maximum absolute atomic E-state index is 11.8. The van der Waals surface area contributed by atoms with Crippen molar-refractivity contribution in [3.8, 4) is 0 Å². The van der Waals surface area contributed by atoms with E-state index in [0.29, 0.717) is 11.6 Å². The average molecular weight is 245 g/mol. The van der Waals surface area contributed by atoms with Gasteiger partial charge in [-0.3, -0.25) is 4.79 Å². The molecule has 0 atom stereocenters. The first-order chi connectivity index (χ1) is 8.81. The van der Waals surface area contributed by atoms with Crippen molar-refractivity contribution in [3.63, 3.8) is 0 Å². The summed E-state index contributed by atoms with van der Waals surface area (Å²) in [6.07, 6.45) is 7.89. The molecule has 4 heteroatoms. The van der Waals surface area contributed by atoms with Crippen LogP contribution < -0.4 is 10.6 Å². The smallest absolute Gasteiger partial charge is 0.253 e. The number of aromatic nitrogens is 1. The van der Waals surface area contributed by atoms with E-state index in [4.69, 9.17) is 0 Å². The molecule has 0 aliphatic heterocycles. The third-order valence-corrected chi connectivity index (χ3v) is 3.73. The fourth-order valence-corrected chi connectivity index (χ4v) is 2.07. The second-order valence-electron chi connectivity index (χ2n) is 5.36. The minimum atomic E-state index is -0.00413. The molecule has 0 bridgehead atoms. The van der Waals surface area contributed by atoms with Gasteiger partial charge in [0.05, 0.1) is 5.56 Å². The normalized spacial score (nSPS) is 19.1. The van der Waals surface area contributed by atoms with E-state index in [0.717, 1.165) is 31.1 Å². The Hall–Kier alpha value is -1.58. The van der Waals surface area contributed by atoms with E-state index in [1.165, 1.54) is 19.3 Å². The molecule has 1 aromatic rings. The second kappa shape index (κ2) is 4.96. The predicted molar refractivity (Wildman–Crippen MR) is 70.6 cm³/mol. The monoisotopic (exact) mass is 245 g/mol. The van der Waals surface area contributed by atoms with Gasteiger partial charge >= 0.3 is 0 Å². The van der Waals surface area contributed by atoms with E-state index >= 15 is 0 Å². The molecule has 2 aliphatic carbocycles. The lowest BCUT2D eigenvalue weighted by atomic mass is 9.85. The van der Waals surface area contributed by atoms with Gasteiger partial charge in [-0.2, -0.15) is 0 Å². The summed E-state index contributed by atoms with van der Waals surface area (Å²) in [6, 6.07) is 4.13. The lowest BCUT2D eigenvalue weighted by molar-refractivity contribution is 0.0951. The van der Waals surface area contributed by atoms with Gasteiger partial charge in [0.1, 0.15) is 5.82 Å². The standard InChI is InChI=1S/C14H19N3O/c18-14(17-12-5-6-12)11-4-7-13(16-9-11)15-8-10-2-1-3-10/h4,7,9-10,12H,1-3,5-6,8H2,(H,15,16)(H,17,18). The van der Waals surface area contributed by atoms with Crippen LogP contribution in [0.5, 0.6) is 0 Å². The summed E-state index contributed by atoms with van der Waals surface area (Å²) in [5, 5.41) is 6.28. The van der Waals surface area contributed by atoms with Gasteiger partial charge in [0.15, 0.2) is 0 Å². The highest BCUT2D eigenvalue weighted by Crippen LogP contribution is 2.26. The van der Waals surface area contributed by atoms with E-state index in [9.17, 15) is 4.79 Å². The third kappa shape index (κ3) is 2.81. The molecule has 1 amide bonds. The Labute approximate surface area is 107 Å². The molecule has 0 spiro atoms. The lowest BCUT2D eigenvalue weighted by Crippen LogP contribution is -2.25. The highest BCUT2D eigenvalue weighted by atomic mass is 16.1. The second-order valence-corrected chi connectivity index (χ2v) is 5.36. The van der Waals surface area contributed by atoms with E-state index in [2.05, 4.69) is 15.6 Å². The van der Waals surface area contributed by atoms with Crippen LogP contribution >= 0.6 is 0 Å². The molecule has 96 valence electrons. The summed E-state index contributed by atoms with van der Waals surface area (Å²) < 4.78 is 0. The summed E-state index contributed by atoms with van der Waals surface area (Å²) in [6.45, 7) is 1.00. The summed E-state index contributed by atoms with van der Waals surface area (Å²) >= 11 is 0. The van der Waals surface area contributed by atoms with Crippen LogP contribution in [0.15, 0.2) is 18.3 Å². The topological polar surface area (TPSA) is 54.0 Å². The number of amides is 1. The van der Waals surface area contributed by atoms with Gasteiger partial charge in [0, 0.05) is 18.8 Å². The van der Waals surface area contributed by atoms with Gasteiger partial charge in [-0.1, -0.05) is 6.42 Å². The Balaban J connectivity index is 1.52. The molecule has 18 heavy (non-hydrogen) atoms. The Kier molecular flexibility index (Phi) is 3.17. The van der Waals surface area contributed by atoms with E-state index in [1.807, 2.05) is 12.1 Å². The Morgan fingerprint density at radius 3 is 2.67 bits per heavy atom. The largest absolute Gasteiger partial charge is 0.370 e. The predicted octanol–water partition coefficient (Wildman–Crippen LogP) is 2.19. The quantitative estimate of drug-likeness (QED) is 0.836. The van der Waals surface area contributed by atoms with Gasteiger partial charge < -0.3 is 10.6 Å². The first kappa shape index (κ1) is 11.5. The molecule has 2 saturated carbocycles. The highest BCUT2D eigenvalue weighted by molar-refractivity contribution is 5.94. The lowest BCUT2D eigenvalue weighted by Gasteiger charge is -2.25. The molecule has 2 fully saturated rings. The van der Waals surface area contributed by atoms with E-state index in [-0.39, 0.29) is 5.91 Å². The molecular weight excluding hydrogens is 226 g/mol. The Bertz CT molecular complexity index is 421. The fraction of sp³-hybridized carbons (Fsp3) is 0.571. The molecule has 1 aromatic heterocycles. The highest BCUT2D eigenvalue weighted by Gasteiger charge is 2.23. The van der Waals surface area contributed by atoms with E-state index < -0.39 is 0 Å². The Morgan fingerprint density at radius 1 is 1.28 bits per heavy atom. The average Bonchev–Trinajstić information content (AvgIpc) is 3.12. The molecule has 2 N–H and O–H groups in total. The summed E-state index contributed by atoms with van der Waals surface area (Å²) in [5.74, 6) is 1.67. The number of hydrogen-bond donors (Lipinski definition) is 2. The van der Waals surface area contributed by atoms with Crippen LogP contribution in [0.4, 0.5) is 5.82 Å². The van der Waals surface area contributed by atoms with Gasteiger partial charge in [-0.15, -0.1) is 0 Å². The van der Waals surface area contributed by atoms with Gasteiger partial charge in [-0.25, -0.2) is 4.98 Å². The number of pyridine rings is 1. The molecule has 0 unspecified atom stereocenters. The third-order valence-electron chi connectivity index (χ3n) is 3.73. The van der Waals surface area contributed by atoms with Crippen molar-refractivity contribution in [1.82, 2.24) is 10.3 Å². The maximum Gasteiger partial charge on any atom is 0.253 e. The van der Waals surface area contributed by atoms with Crippen molar-refractivity contribution < 1.29 is 4.79 Å². The molecule has 3 rings (SSSR count). The molecule has 2 aliphatic rings. The zero-order chi connectivity index (χ0) is 12.4. The number of carbonyl (C=O) groups is 1. The van der Waals surface area contributed by atoms with Gasteiger partial charge in [0.25, 0.3) is 5.91 Å². The fourth-order valence-electron chi connectivity index (χ4n) is 2.07.